The Morgan fingerprint density at radius 2 is 2.00 bits per heavy atom. The molecule has 29 heavy (non-hydrogen) atoms. The molecule has 1 aliphatic heterocycles. The monoisotopic (exact) mass is 420 g/mol. The Hall–Kier alpha value is -2.68. The number of aryl methyl sites for hydroxylation is 1. The standard InChI is InChI=1S/C20H24N2O6S/c1-3-10-22(16-9-11-29(25,26)13-16)17(23)12-27-20(24)18-14(2)28-21-19(18)15-7-5-4-6-8-15/h4-8,16H,3,9-13H2,1-2H3/t16-/m1/s1. The summed E-state index contributed by atoms with van der Waals surface area (Å²) in [5.41, 5.74) is 1.23. The fourth-order valence-electron chi connectivity index (χ4n) is 3.46. The van der Waals surface area contributed by atoms with E-state index in [1.807, 2.05) is 25.1 Å². The Bertz CT molecular complexity index is 984. The second-order valence-electron chi connectivity index (χ2n) is 7.05. The summed E-state index contributed by atoms with van der Waals surface area (Å²) in [5, 5.41) is 3.94. The van der Waals surface area contributed by atoms with Gasteiger partial charge in [-0.25, -0.2) is 13.2 Å². The van der Waals surface area contributed by atoms with Crippen molar-refractivity contribution in [3.8, 4) is 11.3 Å². The lowest BCUT2D eigenvalue weighted by atomic mass is 10.1. The van der Waals surface area contributed by atoms with Crippen molar-refractivity contribution >= 4 is 21.7 Å². The highest BCUT2D eigenvalue weighted by molar-refractivity contribution is 7.91. The molecule has 1 aromatic heterocycles. The Morgan fingerprint density at radius 3 is 2.62 bits per heavy atom. The quantitative estimate of drug-likeness (QED) is 0.632. The summed E-state index contributed by atoms with van der Waals surface area (Å²) in [6, 6.07) is 8.69. The molecular weight excluding hydrogens is 396 g/mol. The molecule has 2 heterocycles. The molecule has 0 N–H and O–H groups in total. The maximum Gasteiger partial charge on any atom is 0.344 e. The predicted octanol–water partition coefficient (Wildman–Crippen LogP) is 2.23. The van der Waals surface area contributed by atoms with Crippen LogP contribution in [0.15, 0.2) is 34.9 Å². The molecular formula is C20H24N2O6S. The van der Waals surface area contributed by atoms with E-state index in [2.05, 4.69) is 5.16 Å². The SMILES string of the molecule is CCCN(C(=O)COC(=O)c1c(-c2ccccc2)noc1C)[C@@H]1CCS(=O)(=O)C1. The first-order valence-electron chi connectivity index (χ1n) is 9.51. The molecule has 1 fully saturated rings. The second-order valence-corrected chi connectivity index (χ2v) is 9.28. The average Bonchev–Trinajstić information content (AvgIpc) is 3.26. The van der Waals surface area contributed by atoms with Crippen LogP contribution in [-0.2, 0) is 19.4 Å². The molecule has 2 aromatic rings. The Balaban J connectivity index is 1.70. The zero-order chi connectivity index (χ0) is 21.0. The molecule has 1 amide bonds. The summed E-state index contributed by atoms with van der Waals surface area (Å²) < 4.78 is 33.9. The lowest BCUT2D eigenvalue weighted by Crippen LogP contribution is -2.43. The number of nitrogens with zero attached hydrogens (tertiary/aromatic N) is 2. The topological polar surface area (TPSA) is 107 Å². The number of ether oxygens (including phenoxy) is 1. The first kappa shape index (κ1) is 21.0. The minimum absolute atomic E-state index is 0.0460. The fourth-order valence-corrected chi connectivity index (χ4v) is 5.19. The van der Waals surface area contributed by atoms with Crippen LogP contribution in [0.25, 0.3) is 11.3 Å². The summed E-state index contributed by atoms with van der Waals surface area (Å²) in [6.45, 7) is 3.46. The molecule has 0 aliphatic carbocycles. The van der Waals surface area contributed by atoms with Crippen molar-refractivity contribution in [3.05, 3.63) is 41.7 Å². The molecule has 1 aliphatic rings. The van der Waals surface area contributed by atoms with Crippen LogP contribution in [-0.4, -0.2) is 61.1 Å². The van der Waals surface area contributed by atoms with E-state index in [1.165, 1.54) is 4.90 Å². The van der Waals surface area contributed by atoms with Gasteiger partial charge in [0.05, 0.1) is 11.5 Å². The molecule has 0 spiro atoms. The van der Waals surface area contributed by atoms with Crippen LogP contribution in [0.3, 0.4) is 0 Å². The van der Waals surface area contributed by atoms with Crippen molar-refractivity contribution in [1.82, 2.24) is 10.1 Å². The third-order valence-electron chi connectivity index (χ3n) is 4.87. The van der Waals surface area contributed by atoms with Crippen LogP contribution in [0, 0.1) is 6.92 Å². The van der Waals surface area contributed by atoms with E-state index in [4.69, 9.17) is 9.26 Å². The smallest absolute Gasteiger partial charge is 0.344 e. The van der Waals surface area contributed by atoms with Crippen LogP contribution in [0.5, 0.6) is 0 Å². The highest BCUT2D eigenvalue weighted by Crippen LogP contribution is 2.26. The Labute approximate surface area is 169 Å². The van der Waals surface area contributed by atoms with E-state index in [0.717, 1.165) is 0 Å². The van der Waals surface area contributed by atoms with Crippen LogP contribution >= 0.6 is 0 Å². The van der Waals surface area contributed by atoms with Gasteiger partial charge in [0.2, 0.25) is 0 Å². The van der Waals surface area contributed by atoms with Crippen molar-refractivity contribution in [2.75, 3.05) is 24.7 Å². The van der Waals surface area contributed by atoms with Gasteiger partial charge < -0.3 is 14.2 Å². The number of carbonyl (C=O) groups is 2. The van der Waals surface area contributed by atoms with Gasteiger partial charge in [-0.15, -0.1) is 0 Å². The van der Waals surface area contributed by atoms with E-state index in [0.29, 0.717) is 36.4 Å². The van der Waals surface area contributed by atoms with Gasteiger partial charge in [0, 0.05) is 18.2 Å². The number of aromatic nitrogens is 1. The number of carbonyl (C=O) groups excluding carboxylic acids is 2. The van der Waals surface area contributed by atoms with Gasteiger partial charge in [0.25, 0.3) is 5.91 Å². The lowest BCUT2D eigenvalue weighted by Gasteiger charge is -2.27. The zero-order valence-corrected chi connectivity index (χ0v) is 17.3. The molecule has 0 unspecified atom stereocenters. The lowest BCUT2D eigenvalue weighted by molar-refractivity contribution is -0.136. The summed E-state index contributed by atoms with van der Waals surface area (Å²) >= 11 is 0. The maximum absolute atomic E-state index is 12.7. The van der Waals surface area contributed by atoms with Crippen molar-refractivity contribution in [3.63, 3.8) is 0 Å². The van der Waals surface area contributed by atoms with Crippen molar-refractivity contribution in [1.29, 1.82) is 0 Å². The summed E-state index contributed by atoms with van der Waals surface area (Å²) in [6.07, 6.45) is 1.09. The van der Waals surface area contributed by atoms with E-state index in [1.54, 1.807) is 19.1 Å². The van der Waals surface area contributed by atoms with Crippen LogP contribution in [0.1, 0.15) is 35.9 Å². The van der Waals surface area contributed by atoms with Crippen LogP contribution in [0.2, 0.25) is 0 Å². The van der Waals surface area contributed by atoms with Gasteiger partial charge in [-0.05, 0) is 19.8 Å². The Morgan fingerprint density at radius 1 is 1.28 bits per heavy atom. The minimum atomic E-state index is -3.12. The van der Waals surface area contributed by atoms with Gasteiger partial charge in [0.15, 0.2) is 16.4 Å². The van der Waals surface area contributed by atoms with Gasteiger partial charge in [-0.2, -0.15) is 0 Å². The number of hydrogen-bond donors (Lipinski definition) is 0. The number of amides is 1. The zero-order valence-electron chi connectivity index (χ0n) is 16.5. The number of rotatable bonds is 7. The molecule has 1 aromatic carbocycles. The third kappa shape index (κ3) is 4.84. The average molecular weight is 420 g/mol. The Kier molecular flexibility index (Phi) is 6.36. The largest absolute Gasteiger partial charge is 0.452 e. The van der Waals surface area contributed by atoms with Gasteiger partial charge in [0.1, 0.15) is 17.0 Å². The molecule has 1 saturated heterocycles. The highest BCUT2D eigenvalue weighted by Gasteiger charge is 2.34. The van der Waals surface area contributed by atoms with Gasteiger partial charge in [-0.1, -0.05) is 42.4 Å². The van der Waals surface area contributed by atoms with Crippen LogP contribution in [0.4, 0.5) is 0 Å². The van der Waals surface area contributed by atoms with E-state index >= 15 is 0 Å². The van der Waals surface area contributed by atoms with Crippen LogP contribution < -0.4 is 0 Å². The third-order valence-corrected chi connectivity index (χ3v) is 6.63. The number of sulfone groups is 1. The first-order valence-corrected chi connectivity index (χ1v) is 11.3. The van der Waals surface area contributed by atoms with Crippen molar-refractivity contribution in [2.45, 2.75) is 32.7 Å². The second kappa shape index (κ2) is 8.77. The van der Waals surface area contributed by atoms with E-state index in [9.17, 15) is 18.0 Å². The number of benzene rings is 1. The predicted molar refractivity (Wildman–Crippen MR) is 106 cm³/mol. The van der Waals surface area contributed by atoms with Crippen molar-refractivity contribution in [2.24, 2.45) is 0 Å². The normalized spacial score (nSPS) is 17.8. The summed E-state index contributed by atoms with van der Waals surface area (Å²) in [4.78, 5) is 26.8. The van der Waals surface area contributed by atoms with E-state index < -0.39 is 28.3 Å². The van der Waals surface area contributed by atoms with Crippen molar-refractivity contribution < 1.29 is 27.3 Å². The van der Waals surface area contributed by atoms with E-state index in [-0.39, 0.29) is 23.1 Å². The summed E-state index contributed by atoms with van der Waals surface area (Å²) in [7, 11) is -3.12. The molecule has 9 heteroatoms. The molecule has 8 nitrogen and oxygen atoms in total. The molecule has 1 atom stereocenters. The summed E-state index contributed by atoms with van der Waals surface area (Å²) in [5.74, 6) is -0.779. The van der Waals surface area contributed by atoms with Gasteiger partial charge in [-0.3, -0.25) is 4.79 Å². The minimum Gasteiger partial charge on any atom is -0.452 e. The number of esters is 1. The highest BCUT2D eigenvalue weighted by atomic mass is 32.2. The fraction of sp³-hybridized carbons (Fsp3) is 0.450. The molecule has 0 bridgehead atoms. The molecule has 3 rings (SSSR count). The maximum atomic E-state index is 12.7. The number of hydrogen-bond acceptors (Lipinski definition) is 7. The molecule has 0 radical (unpaired) electrons. The molecule has 156 valence electrons. The first-order chi connectivity index (χ1) is 13.8. The molecule has 0 saturated carbocycles. The van der Waals surface area contributed by atoms with Gasteiger partial charge >= 0.3 is 5.97 Å².